The number of ether oxygens (including phenoxy) is 3. The van der Waals surface area contributed by atoms with E-state index in [1.54, 1.807) is 6.92 Å². The van der Waals surface area contributed by atoms with E-state index in [0.29, 0.717) is 37.9 Å². The van der Waals surface area contributed by atoms with Crippen molar-refractivity contribution in [2.75, 3.05) is 19.8 Å². The molecule has 0 aliphatic heterocycles. The van der Waals surface area contributed by atoms with E-state index in [1.165, 1.54) is 37.7 Å². The summed E-state index contributed by atoms with van der Waals surface area (Å²) in [6.45, 7) is 3.02. The number of carboxylic acid groups (broad SMARTS) is 1. The number of carboxylic acids is 1. The lowest BCUT2D eigenvalue weighted by atomic mass is 9.84. The standard InChI is InChI=1S/C25H32O5/c1-2-28-24(25(26)27)18-19-7-6-10-23(17-19)30-16-15-29-22-13-11-21(12-14-22)20-8-4-3-5-9-20/h6-7,10-14,17,20,24H,2-5,8-9,15-16,18H2,1H3,(H,26,27). The highest BCUT2D eigenvalue weighted by atomic mass is 16.5. The van der Waals surface area contributed by atoms with Crippen LogP contribution in [0.4, 0.5) is 0 Å². The van der Waals surface area contributed by atoms with Crippen LogP contribution in [-0.4, -0.2) is 37.0 Å². The Morgan fingerprint density at radius 2 is 1.70 bits per heavy atom. The van der Waals surface area contributed by atoms with Crippen molar-refractivity contribution in [1.29, 1.82) is 0 Å². The van der Waals surface area contributed by atoms with E-state index in [0.717, 1.165) is 11.3 Å². The maximum absolute atomic E-state index is 11.3. The van der Waals surface area contributed by atoms with Crippen LogP contribution in [0.2, 0.25) is 0 Å². The highest BCUT2D eigenvalue weighted by Gasteiger charge is 2.18. The third-order valence-electron chi connectivity index (χ3n) is 5.54. The highest BCUT2D eigenvalue weighted by molar-refractivity contribution is 5.72. The van der Waals surface area contributed by atoms with E-state index in [4.69, 9.17) is 14.2 Å². The Hall–Kier alpha value is -2.53. The van der Waals surface area contributed by atoms with E-state index in [9.17, 15) is 9.90 Å². The minimum Gasteiger partial charge on any atom is -0.490 e. The van der Waals surface area contributed by atoms with Crippen molar-refractivity contribution >= 4 is 5.97 Å². The van der Waals surface area contributed by atoms with Crippen LogP contribution in [0.3, 0.4) is 0 Å². The molecule has 2 aromatic rings. The summed E-state index contributed by atoms with van der Waals surface area (Å²) in [6.07, 6.45) is 6.10. The molecule has 1 aliphatic carbocycles. The summed E-state index contributed by atoms with van der Waals surface area (Å²) in [4.78, 5) is 11.3. The SMILES string of the molecule is CCOC(Cc1cccc(OCCOc2ccc(C3CCCCC3)cc2)c1)C(=O)O. The van der Waals surface area contributed by atoms with E-state index in [1.807, 2.05) is 36.4 Å². The van der Waals surface area contributed by atoms with Crippen LogP contribution in [-0.2, 0) is 16.0 Å². The molecule has 5 nitrogen and oxygen atoms in total. The lowest BCUT2D eigenvalue weighted by molar-refractivity contribution is -0.149. The van der Waals surface area contributed by atoms with Gasteiger partial charge in [0.15, 0.2) is 6.10 Å². The minimum absolute atomic E-state index is 0.310. The van der Waals surface area contributed by atoms with Crippen LogP contribution in [0.1, 0.15) is 56.1 Å². The van der Waals surface area contributed by atoms with E-state index < -0.39 is 12.1 Å². The molecule has 0 radical (unpaired) electrons. The third kappa shape index (κ3) is 6.77. The maximum atomic E-state index is 11.3. The average molecular weight is 413 g/mol. The molecule has 1 saturated carbocycles. The zero-order valence-electron chi connectivity index (χ0n) is 17.7. The summed E-state index contributed by atoms with van der Waals surface area (Å²) in [5.41, 5.74) is 2.29. The molecule has 1 atom stereocenters. The molecule has 1 aliphatic rings. The molecule has 0 aromatic heterocycles. The van der Waals surface area contributed by atoms with Crippen molar-refractivity contribution < 1.29 is 24.1 Å². The molecule has 1 N–H and O–H groups in total. The molecule has 162 valence electrons. The van der Waals surface area contributed by atoms with E-state index in [-0.39, 0.29) is 0 Å². The van der Waals surface area contributed by atoms with Gasteiger partial charge in [0.25, 0.3) is 0 Å². The second kappa shape index (κ2) is 11.6. The molecule has 0 heterocycles. The van der Waals surface area contributed by atoms with Crippen molar-refractivity contribution in [2.45, 2.75) is 57.5 Å². The van der Waals surface area contributed by atoms with Crippen LogP contribution >= 0.6 is 0 Å². The minimum atomic E-state index is -0.953. The molecule has 3 rings (SSSR count). The first-order valence-electron chi connectivity index (χ1n) is 10.9. The van der Waals surface area contributed by atoms with Gasteiger partial charge in [-0.3, -0.25) is 0 Å². The molecule has 0 saturated heterocycles. The monoisotopic (exact) mass is 412 g/mol. The topological polar surface area (TPSA) is 65.0 Å². The predicted molar refractivity (Wildman–Crippen MR) is 116 cm³/mol. The Bertz CT molecular complexity index is 780. The first kappa shape index (κ1) is 22.2. The maximum Gasteiger partial charge on any atom is 0.333 e. The average Bonchev–Trinajstić information content (AvgIpc) is 2.78. The fraction of sp³-hybridized carbons (Fsp3) is 0.480. The molecule has 0 bridgehead atoms. The third-order valence-corrected chi connectivity index (χ3v) is 5.54. The molecule has 0 amide bonds. The van der Waals surface area contributed by atoms with Gasteiger partial charge < -0.3 is 19.3 Å². The largest absolute Gasteiger partial charge is 0.490 e. The fourth-order valence-corrected chi connectivity index (χ4v) is 3.99. The molecule has 2 aromatic carbocycles. The number of carbonyl (C=O) groups is 1. The second-order valence-electron chi connectivity index (χ2n) is 7.73. The highest BCUT2D eigenvalue weighted by Crippen LogP contribution is 2.33. The Labute approximate surface area is 179 Å². The first-order chi connectivity index (χ1) is 14.7. The van der Waals surface area contributed by atoms with Crippen molar-refractivity contribution in [3.8, 4) is 11.5 Å². The van der Waals surface area contributed by atoms with Crippen LogP contribution in [0.25, 0.3) is 0 Å². The Kier molecular flexibility index (Phi) is 8.57. The predicted octanol–water partition coefficient (Wildman–Crippen LogP) is 5.22. The van der Waals surface area contributed by atoms with Crippen LogP contribution in [0, 0.1) is 0 Å². The van der Waals surface area contributed by atoms with Crippen LogP contribution in [0.15, 0.2) is 48.5 Å². The number of hydrogen-bond donors (Lipinski definition) is 1. The summed E-state index contributed by atoms with van der Waals surface area (Å²) in [5.74, 6) is 1.30. The van der Waals surface area contributed by atoms with Gasteiger partial charge in [0.2, 0.25) is 0 Å². The summed E-state index contributed by atoms with van der Waals surface area (Å²) in [6, 6.07) is 15.9. The van der Waals surface area contributed by atoms with Crippen molar-refractivity contribution in [3.05, 3.63) is 59.7 Å². The first-order valence-corrected chi connectivity index (χ1v) is 10.9. The van der Waals surface area contributed by atoms with E-state index >= 15 is 0 Å². The zero-order chi connectivity index (χ0) is 21.2. The number of benzene rings is 2. The quantitative estimate of drug-likeness (QED) is 0.512. The molecular formula is C25H32O5. The lowest BCUT2D eigenvalue weighted by Crippen LogP contribution is -2.26. The van der Waals surface area contributed by atoms with Crippen LogP contribution in [0.5, 0.6) is 11.5 Å². The Balaban J connectivity index is 1.43. The molecule has 1 unspecified atom stereocenters. The Morgan fingerprint density at radius 1 is 1.00 bits per heavy atom. The second-order valence-corrected chi connectivity index (χ2v) is 7.73. The van der Waals surface area contributed by atoms with Gasteiger partial charge >= 0.3 is 5.97 Å². The van der Waals surface area contributed by atoms with Gasteiger partial charge in [-0.1, -0.05) is 43.5 Å². The fourth-order valence-electron chi connectivity index (χ4n) is 3.99. The van der Waals surface area contributed by atoms with Gasteiger partial charge in [-0.05, 0) is 61.1 Å². The molecular weight excluding hydrogens is 380 g/mol. The molecule has 1 fully saturated rings. The smallest absolute Gasteiger partial charge is 0.333 e. The molecule has 0 spiro atoms. The van der Waals surface area contributed by atoms with Crippen molar-refractivity contribution in [2.24, 2.45) is 0 Å². The summed E-state index contributed by atoms with van der Waals surface area (Å²) in [7, 11) is 0. The lowest BCUT2D eigenvalue weighted by Gasteiger charge is -2.22. The zero-order valence-corrected chi connectivity index (χ0v) is 17.7. The molecule has 5 heteroatoms. The number of rotatable bonds is 11. The van der Waals surface area contributed by atoms with Gasteiger partial charge in [0, 0.05) is 13.0 Å². The Morgan fingerprint density at radius 3 is 2.37 bits per heavy atom. The van der Waals surface area contributed by atoms with Crippen LogP contribution < -0.4 is 9.47 Å². The van der Waals surface area contributed by atoms with Gasteiger partial charge in [0.05, 0.1) is 0 Å². The van der Waals surface area contributed by atoms with Gasteiger partial charge in [0.1, 0.15) is 24.7 Å². The van der Waals surface area contributed by atoms with Gasteiger partial charge in [-0.25, -0.2) is 4.79 Å². The normalized spacial score (nSPS) is 15.5. The summed E-state index contributed by atoms with van der Waals surface area (Å²) in [5, 5.41) is 9.23. The van der Waals surface area contributed by atoms with Gasteiger partial charge in [-0.15, -0.1) is 0 Å². The summed E-state index contributed by atoms with van der Waals surface area (Å²) >= 11 is 0. The summed E-state index contributed by atoms with van der Waals surface area (Å²) < 4.78 is 16.9. The molecule has 30 heavy (non-hydrogen) atoms. The van der Waals surface area contributed by atoms with Gasteiger partial charge in [-0.2, -0.15) is 0 Å². The van der Waals surface area contributed by atoms with Crippen molar-refractivity contribution in [3.63, 3.8) is 0 Å². The number of aliphatic carboxylic acids is 1. The van der Waals surface area contributed by atoms with Crippen molar-refractivity contribution in [1.82, 2.24) is 0 Å². The van der Waals surface area contributed by atoms with E-state index in [2.05, 4.69) is 12.1 Å². The number of hydrogen-bond acceptors (Lipinski definition) is 4.